The van der Waals surface area contributed by atoms with E-state index in [4.69, 9.17) is 5.73 Å². The first-order chi connectivity index (χ1) is 9.31. The van der Waals surface area contributed by atoms with Crippen LogP contribution >= 0.6 is 0 Å². The van der Waals surface area contributed by atoms with Crippen molar-refractivity contribution in [3.05, 3.63) is 12.2 Å². The Morgan fingerprint density at radius 3 is 2.58 bits per heavy atom. The first kappa shape index (κ1) is 13.8. The van der Waals surface area contributed by atoms with E-state index in [1.165, 1.54) is 38.5 Å². The van der Waals surface area contributed by atoms with Crippen LogP contribution in [0.15, 0.2) is 6.33 Å². The minimum atomic E-state index is 0.500. The molecule has 0 aliphatic carbocycles. The fourth-order valence-electron chi connectivity index (χ4n) is 2.25. The summed E-state index contributed by atoms with van der Waals surface area (Å²) in [5.74, 6) is 1.31. The van der Waals surface area contributed by atoms with Gasteiger partial charge in [-0.25, -0.2) is 15.0 Å². The molecule has 2 heterocycles. The van der Waals surface area contributed by atoms with Gasteiger partial charge in [0, 0.05) is 6.42 Å². The highest BCUT2D eigenvalue weighted by Crippen LogP contribution is 2.14. The van der Waals surface area contributed by atoms with Crippen LogP contribution in [0.25, 0.3) is 11.2 Å². The van der Waals surface area contributed by atoms with Crippen molar-refractivity contribution in [2.45, 2.75) is 58.3 Å². The quantitative estimate of drug-likeness (QED) is 0.715. The van der Waals surface area contributed by atoms with Crippen molar-refractivity contribution in [2.24, 2.45) is 0 Å². The number of unbranched alkanes of at least 4 members (excludes halogenated alkanes) is 6. The van der Waals surface area contributed by atoms with Crippen LogP contribution in [0.1, 0.15) is 57.7 Å². The van der Waals surface area contributed by atoms with Gasteiger partial charge < -0.3 is 10.7 Å². The van der Waals surface area contributed by atoms with Gasteiger partial charge in [0.15, 0.2) is 11.5 Å². The summed E-state index contributed by atoms with van der Waals surface area (Å²) < 4.78 is 0. The molecule has 2 aromatic heterocycles. The molecule has 0 bridgehead atoms. The fourth-order valence-corrected chi connectivity index (χ4v) is 2.25. The smallest absolute Gasteiger partial charge is 0.183 e. The first-order valence-corrected chi connectivity index (χ1v) is 7.26. The monoisotopic (exact) mass is 261 g/mol. The van der Waals surface area contributed by atoms with Gasteiger partial charge in [-0.15, -0.1) is 0 Å². The molecule has 5 nitrogen and oxygen atoms in total. The Bertz CT molecular complexity index is 506. The molecule has 0 unspecified atom stereocenters. The molecule has 0 saturated carbocycles. The van der Waals surface area contributed by atoms with Crippen LogP contribution in [0.5, 0.6) is 0 Å². The zero-order chi connectivity index (χ0) is 13.5. The van der Waals surface area contributed by atoms with E-state index in [2.05, 4.69) is 26.9 Å². The molecule has 0 atom stereocenters. The SMILES string of the molecule is CCCCCCCCCc1nc(N)c2[nH]cnc2n1. The number of nitrogens with zero attached hydrogens (tertiary/aromatic N) is 3. The molecule has 0 spiro atoms. The maximum Gasteiger partial charge on any atom is 0.183 e. The van der Waals surface area contributed by atoms with Crippen LogP contribution in [0.2, 0.25) is 0 Å². The molecule has 104 valence electrons. The van der Waals surface area contributed by atoms with Crippen molar-refractivity contribution in [3.8, 4) is 0 Å². The van der Waals surface area contributed by atoms with Gasteiger partial charge in [0.1, 0.15) is 11.3 Å². The molecule has 0 amide bonds. The van der Waals surface area contributed by atoms with Gasteiger partial charge in [-0.2, -0.15) is 0 Å². The Morgan fingerprint density at radius 1 is 1.05 bits per heavy atom. The van der Waals surface area contributed by atoms with E-state index >= 15 is 0 Å². The number of rotatable bonds is 8. The predicted molar refractivity (Wildman–Crippen MR) is 77.8 cm³/mol. The van der Waals surface area contributed by atoms with Crippen molar-refractivity contribution < 1.29 is 0 Å². The number of H-pyrrole nitrogens is 1. The van der Waals surface area contributed by atoms with Crippen LogP contribution in [-0.4, -0.2) is 19.9 Å². The first-order valence-electron chi connectivity index (χ1n) is 7.26. The number of fused-ring (bicyclic) bond motifs is 1. The van der Waals surface area contributed by atoms with Crippen LogP contribution in [0.4, 0.5) is 5.82 Å². The summed E-state index contributed by atoms with van der Waals surface area (Å²) in [6.45, 7) is 2.24. The van der Waals surface area contributed by atoms with E-state index in [-0.39, 0.29) is 0 Å². The molecular formula is C14H23N5. The second kappa shape index (κ2) is 7.07. The van der Waals surface area contributed by atoms with Gasteiger partial charge in [-0.1, -0.05) is 45.4 Å². The average Bonchev–Trinajstić information content (AvgIpc) is 2.86. The van der Waals surface area contributed by atoms with E-state index in [0.29, 0.717) is 11.5 Å². The highest BCUT2D eigenvalue weighted by atomic mass is 15.0. The third-order valence-corrected chi connectivity index (χ3v) is 3.36. The number of aromatic nitrogens is 4. The summed E-state index contributed by atoms with van der Waals surface area (Å²) in [4.78, 5) is 15.8. The summed E-state index contributed by atoms with van der Waals surface area (Å²) in [5, 5.41) is 0. The van der Waals surface area contributed by atoms with Gasteiger partial charge in [0.2, 0.25) is 0 Å². The third-order valence-electron chi connectivity index (χ3n) is 3.36. The molecule has 5 heteroatoms. The second-order valence-corrected chi connectivity index (χ2v) is 5.00. The lowest BCUT2D eigenvalue weighted by Crippen LogP contribution is -2.01. The number of anilines is 1. The maximum atomic E-state index is 5.86. The number of aromatic amines is 1. The van der Waals surface area contributed by atoms with Crippen LogP contribution < -0.4 is 5.73 Å². The number of nitrogens with one attached hydrogen (secondary N) is 1. The minimum absolute atomic E-state index is 0.500. The lowest BCUT2D eigenvalue weighted by molar-refractivity contribution is 0.585. The Balaban J connectivity index is 1.75. The van der Waals surface area contributed by atoms with Gasteiger partial charge >= 0.3 is 0 Å². The zero-order valence-electron chi connectivity index (χ0n) is 11.7. The third kappa shape index (κ3) is 3.91. The molecule has 3 N–H and O–H groups in total. The van der Waals surface area contributed by atoms with Gasteiger partial charge in [-0.05, 0) is 6.42 Å². The fraction of sp³-hybridized carbons (Fsp3) is 0.643. The lowest BCUT2D eigenvalue weighted by atomic mass is 10.1. The summed E-state index contributed by atoms with van der Waals surface area (Å²) in [5.41, 5.74) is 7.28. The van der Waals surface area contributed by atoms with Crippen molar-refractivity contribution in [3.63, 3.8) is 0 Å². The Hall–Kier alpha value is -1.65. The average molecular weight is 261 g/mol. The molecule has 0 saturated heterocycles. The number of hydrogen-bond acceptors (Lipinski definition) is 4. The Kier molecular flexibility index (Phi) is 5.12. The van der Waals surface area contributed by atoms with Crippen molar-refractivity contribution >= 4 is 17.0 Å². The van der Waals surface area contributed by atoms with Crippen LogP contribution in [0.3, 0.4) is 0 Å². The molecule has 2 aromatic rings. The summed E-state index contributed by atoms with van der Waals surface area (Å²) in [7, 11) is 0. The molecule has 2 rings (SSSR count). The topological polar surface area (TPSA) is 80.5 Å². The standard InChI is InChI=1S/C14H23N5/c1-2-3-4-5-6-7-8-9-11-18-13(15)12-14(19-11)17-10-16-12/h10H,2-9H2,1H3,(H3,15,16,17,18,19). The lowest BCUT2D eigenvalue weighted by Gasteiger charge is -2.02. The number of nitrogens with two attached hydrogens (primary N) is 1. The number of imidazole rings is 1. The van der Waals surface area contributed by atoms with Gasteiger partial charge in [0.25, 0.3) is 0 Å². The highest BCUT2D eigenvalue weighted by molar-refractivity contribution is 5.80. The van der Waals surface area contributed by atoms with E-state index in [1.54, 1.807) is 6.33 Å². The zero-order valence-corrected chi connectivity index (χ0v) is 11.7. The maximum absolute atomic E-state index is 5.86. The molecule has 19 heavy (non-hydrogen) atoms. The molecule has 0 aliphatic rings. The van der Waals surface area contributed by atoms with E-state index in [9.17, 15) is 0 Å². The Morgan fingerprint density at radius 2 is 1.79 bits per heavy atom. The van der Waals surface area contributed by atoms with E-state index < -0.39 is 0 Å². The van der Waals surface area contributed by atoms with Crippen LogP contribution in [-0.2, 0) is 6.42 Å². The van der Waals surface area contributed by atoms with Gasteiger partial charge in [0.05, 0.1) is 6.33 Å². The highest BCUT2D eigenvalue weighted by Gasteiger charge is 2.06. The molecule has 0 fully saturated rings. The molecular weight excluding hydrogens is 238 g/mol. The van der Waals surface area contributed by atoms with Crippen molar-refractivity contribution in [1.29, 1.82) is 0 Å². The van der Waals surface area contributed by atoms with Crippen molar-refractivity contribution in [1.82, 2.24) is 19.9 Å². The van der Waals surface area contributed by atoms with Crippen molar-refractivity contribution in [2.75, 3.05) is 5.73 Å². The molecule has 0 radical (unpaired) electrons. The summed E-state index contributed by atoms with van der Waals surface area (Å²) in [6.07, 6.45) is 11.5. The number of aryl methyl sites for hydroxylation is 1. The minimum Gasteiger partial charge on any atom is -0.382 e. The second-order valence-electron chi connectivity index (χ2n) is 5.00. The Labute approximate surface area is 114 Å². The molecule has 0 aromatic carbocycles. The predicted octanol–water partition coefficient (Wildman–Crippen LogP) is 3.23. The molecule has 0 aliphatic heterocycles. The van der Waals surface area contributed by atoms with Gasteiger partial charge in [-0.3, -0.25) is 0 Å². The number of hydrogen-bond donors (Lipinski definition) is 2. The largest absolute Gasteiger partial charge is 0.382 e. The van der Waals surface area contributed by atoms with Crippen LogP contribution in [0, 0.1) is 0 Å². The summed E-state index contributed by atoms with van der Waals surface area (Å²) in [6, 6.07) is 0. The number of nitrogen functional groups attached to an aromatic ring is 1. The van der Waals surface area contributed by atoms with E-state index in [1.807, 2.05) is 0 Å². The van der Waals surface area contributed by atoms with E-state index in [0.717, 1.165) is 24.2 Å². The summed E-state index contributed by atoms with van der Waals surface area (Å²) >= 11 is 0. The normalized spacial score (nSPS) is 11.2.